The number of anilines is 3. The van der Waals surface area contributed by atoms with Crippen LogP contribution < -0.4 is 16.0 Å². The van der Waals surface area contributed by atoms with Gasteiger partial charge in [0, 0.05) is 30.5 Å². The summed E-state index contributed by atoms with van der Waals surface area (Å²) < 4.78 is 29.0. The van der Waals surface area contributed by atoms with Crippen molar-refractivity contribution in [2.45, 2.75) is 32.0 Å². The maximum atomic E-state index is 13.7. The average molecular weight is 399 g/mol. The number of nitrogens with one attached hydrogen (secondary N) is 3. The molecule has 1 aliphatic carbocycles. The van der Waals surface area contributed by atoms with Crippen LogP contribution in [0.3, 0.4) is 0 Å². The van der Waals surface area contributed by atoms with Gasteiger partial charge in [0.25, 0.3) is 0 Å². The molecule has 0 atom stereocenters. The standard InChI is InChI=1S/C19H19F2N7O/c20-15-2-1-3-16(21)14(15)9-23-17-6-7-22-19(27-17)26-13-8-24-28(10-13)11-18(29)25-12-4-5-12/h1-3,6-8,10,12H,4-5,9,11H2,(H,25,29)(H2,22,23,26,27). The first kappa shape index (κ1) is 18.8. The molecule has 0 bridgehead atoms. The number of halogens is 2. The van der Waals surface area contributed by atoms with Crippen molar-refractivity contribution < 1.29 is 13.6 Å². The molecule has 0 spiro atoms. The van der Waals surface area contributed by atoms with Crippen LogP contribution >= 0.6 is 0 Å². The topological polar surface area (TPSA) is 96.8 Å². The smallest absolute Gasteiger partial charge is 0.241 e. The Morgan fingerprint density at radius 1 is 1.21 bits per heavy atom. The van der Waals surface area contributed by atoms with Gasteiger partial charge in [0.05, 0.1) is 11.9 Å². The van der Waals surface area contributed by atoms with Gasteiger partial charge in [-0.1, -0.05) is 6.07 Å². The highest BCUT2D eigenvalue weighted by molar-refractivity contribution is 5.76. The van der Waals surface area contributed by atoms with Crippen LogP contribution in [0.15, 0.2) is 42.9 Å². The molecule has 1 fully saturated rings. The maximum Gasteiger partial charge on any atom is 0.241 e. The molecule has 2 heterocycles. The predicted molar refractivity (Wildman–Crippen MR) is 102 cm³/mol. The van der Waals surface area contributed by atoms with Crippen LogP contribution in [0.25, 0.3) is 0 Å². The van der Waals surface area contributed by atoms with Gasteiger partial charge >= 0.3 is 0 Å². The summed E-state index contributed by atoms with van der Waals surface area (Å²) in [5, 5.41) is 12.9. The molecule has 0 aliphatic heterocycles. The van der Waals surface area contributed by atoms with Gasteiger partial charge < -0.3 is 16.0 Å². The van der Waals surface area contributed by atoms with Crippen LogP contribution in [0.4, 0.5) is 26.2 Å². The summed E-state index contributed by atoms with van der Waals surface area (Å²) in [6, 6.07) is 5.62. The Bertz CT molecular complexity index is 999. The normalized spacial score (nSPS) is 13.2. The van der Waals surface area contributed by atoms with Crippen molar-refractivity contribution in [1.82, 2.24) is 25.1 Å². The first-order chi connectivity index (χ1) is 14.1. The van der Waals surface area contributed by atoms with Crippen LogP contribution in [-0.2, 0) is 17.9 Å². The molecule has 29 heavy (non-hydrogen) atoms. The third-order valence-electron chi connectivity index (χ3n) is 4.30. The Hall–Kier alpha value is -3.56. The monoisotopic (exact) mass is 399 g/mol. The van der Waals surface area contributed by atoms with Crippen molar-refractivity contribution in [2.75, 3.05) is 10.6 Å². The minimum absolute atomic E-state index is 0.0526. The van der Waals surface area contributed by atoms with Crippen LogP contribution in [0.5, 0.6) is 0 Å². The molecule has 4 rings (SSSR count). The van der Waals surface area contributed by atoms with Crippen LogP contribution in [0.2, 0.25) is 0 Å². The Labute approximate surface area is 165 Å². The minimum Gasteiger partial charge on any atom is -0.366 e. The minimum atomic E-state index is -0.622. The van der Waals surface area contributed by atoms with Crippen molar-refractivity contribution >= 4 is 23.4 Å². The molecule has 1 aliphatic rings. The molecule has 150 valence electrons. The summed E-state index contributed by atoms with van der Waals surface area (Å²) in [4.78, 5) is 20.2. The fourth-order valence-electron chi connectivity index (χ4n) is 2.69. The first-order valence-electron chi connectivity index (χ1n) is 9.15. The molecule has 1 saturated carbocycles. The lowest BCUT2D eigenvalue weighted by Crippen LogP contribution is -2.29. The fraction of sp³-hybridized carbons (Fsp3) is 0.263. The van der Waals surface area contributed by atoms with Crippen molar-refractivity contribution in [3.8, 4) is 0 Å². The highest BCUT2D eigenvalue weighted by Gasteiger charge is 2.23. The molecular weight excluding hydrogens is 380 g/mol. The zero-order valence-electron chi connectivity index (χ0n) is 15.4. The largest absolute Gasteiger partial charge is 0.366 e. The van der Waals surface area contributed by atoms with E-state index in [1.165, 1.54) is 29.1 Å². The number of aromatic nitrogens is 4. The summed E-state index contributed by atoms with van der Waals surface area (Å²) in [7, 11) is 0. The molecule has 1 aromatic carbocycles. The van der Waals surface area contributed by atoms with Crippen molar-refractivity contribution in [2.24, 2.45) is 0 Å². The van der Waals surface area contributed by atoms with E-state index in [2.05, 4.69) is 31.0 Å². The second-order valence-corrected chi connectivity index (χ2v) is 6.71. The number of hydrogen-bond donors (Lipinski definition) is 3. The predicted octanol–water partition coefficient (Wildman–Crippen LogP) is 2.59. The maximum absolute atomic E-state index is 13.7. The second kappa shape index (κ2) is 8.21. The number of amides is 1. The van der Waals surface area contributed by atoms with E-state index in [4.69, 9.17) is 0 Å². The summed E-state index contributed by atoms with van der Waals surface area (Å²) in [6.07, 6.45) is 6.81. The number of rotatable bonds is 8. The van der Waals surface area contributed by atoms with E-state index in [0.717, 1.165) is 12.8 Å². The zero-order valence-corrected chi connectivity index (χ0v) is 15.4. The van der Waals surface area contributed by atoms with Crippen molar-refractivity contribution in [3.63, 3.8) is 0 Å². The first-order valence-corrected chi connectivity index (χ1v) is 9.15. The molecule has 10 heteroatoms. The lowest BCUT2D eigenvalue weighted by molar-refractivity contribution is -0.122. The van der Waals surface area contributed by atoms with E-state index >= 15 is 0 Å². The number of carbonyl (C=O) groups is 1. The Morgan fingerprint density at radius 3 is 2.76 bits per heavy atom. The van der Waals surface area contributed by atoms with Crippen molar-refractivity contribution in [1.29, 1.82) is 0 Å². The summed E-state index contributed by atoms with van der Waals surface area (Å²) in [6.45, 7) is 0.0812. The number of carbonyl (C=O) groups excluding carboxylic acids is 1. The third-order valence-corrected chi connectivity index (χ3v) is 4.30. The van der Waals surface area contributed by atoms with Gasteiger partial charge in [-0.3, -0.25) is 9.48 Å². The highest BCUT2D eigenvalue weighted by Crippen LogP contribution is 2.19. The van der Waals surface area contributed by atoms with E-state index in [0.29, 0.717) is 17.5 Å². The molecule has 3 N–H and O–H groups in total. The van der Waals surface area contributed by atoms with E-state index < -0.39 is 11.6 Å². The van der Waals surface area contributed by atoms with Crippen LogP contribution in [0.1, 0.15) is 18.4 Å². The van der Waals surface area contributed by atoms with Gasteiger partial charge in [-0.2, -0.15) is 10.1 Å². The molecule has 0 unspecified atom stereocenters. The molecule has 1 amide bonds. The van der Waals surface area contributed by atoms with Gasteiger partial charge in [0.1, 0.15) is 24.0 Å². The summed E-state index contributed by atoms with van der Waals surface area (Å²) >= 11 is 0. The molecular formula is C19H19F2N7O. The Morgan fingerprint density at radius 2 is 2.00 bits per heavy atom. The molecule has 0 saturated heterocycles. The lowest BCUT2D eigenvalue weighted by Gasteiger charge is -2.09. The van der Waals surface area contributed by atoms with Crippen LogP contribution in [0, 0.1) is 11.6 Å². The highest BCUT2D eigenvalue weighted by atomic mass is 19.1. The van der Waals surface area contributed by atoms with E-state index in [1.807, 2.05) is 0 Å². The van der Waals surface area contributed by atoms with Crippen molar-refractivity contribution in [3.05, 3.63) is 60.1 Å². The van der Waals surface area contributed by atoms with Crippen LogP contribution in [-0.4, -0.2) is 31.7 Å². The average Bonchev–Trinajstić information content (AvgIpc) is 3.39. The number of nitrogens with zero attached hydrogens (tertiary/aromatic N) is 4. The number of hydrogen-bond acceptors (Lipinski definition) is 6. The number of benzene rings is 1. The summed E-state index contributed by atoms with van der Waals surface area (Å²) in [5.41, 5.74) is 0.549. The van der Waals surface area contributed by atoms with Gasteiger partial charge in [-0.25, -0.2) is 13.8 Å². The second-order valence-electron chi connectivity index (χ2n) is 6.71. The van der Waals surface area contributed by atoms with Gasteiger partial charge in [0.15, 0.2) is 0 Å². The van der Waals surface area contributed by atoms with Gasteiger partial charge in [-0.05, 0) is 31.0 Å². The summed E-state index contributed by atoms with van der Waals surface area (Å²) in [5.74, 6) is -0.636. The Kier molecular flexibility index (Phi) is 5.32. The Balaban J connectivity index is 1.35. The third kappa shape index (κ3) is 5.03. The van der Waals surface area contributed by atoms with E-state index in [9.17, 15) is 13.6 Å². The molecule has 2 aromatic heterocycles. The molecule has 3 aromatic rings. The van der Waals surface area contributed by atoms with Gasteiger partial charge in [0.2, 0.25) is 11.9 Å². The van der Waals surface area contributed by atoms with E-state index in [-0.39, 0.29) is 30.5 Å². The lowest BCUT2D eigenvalue weighted by atomic mass is 10.2. The quantitative estimate of drug-likeness (QED) is 0.539. The SMILES string of the molecule is O=C(Cn1cc(Nc2nccc(NCc3c(F)cccc3F)n2)cn1)NC1CC1. The zero-order chi connectivity index (χ0) is 20.2. The van der Waals surface area contributed by atoms with Gasteiger partial charge in [-0.15, -0.1) is 0 Å². The molecule has 8 nitrogen and oxygen atoms in total. The van der Waals surface area contributed by atoms with E-state index in [1.54, 1.807) is 18.5 Å². The fourth-order valence-corrected chi connectivity index (χ4v) is 2.69. The molecule has 0 radical (unpaired) electrons.